The molecule has 2 rings (SSSR count). The number of nitrogens with zero attached hydrogens (tertiary/aromatic N) is 1. The van der Waals surface area contributed by atoms with Crippen LogP contribution < -0.4 is 5.32 Å². The molecule has 0 saturated carbocycles. The molecule has 116 valence electrons. The number of thiophene rings is 1. The Morgan fingerprint density at radius 2 is 2.14 bits per heavy atom. The summed E-state index contributed by atoms with van der Waals surface area (Å²) in [4.78, 5) is 26.6. The minimum absolute atomic E-state index is 0.00802. The number of amides is 2. The van der Waals surface area contributed by atoms with Gasteiger partial charge in [0.2, 0.25) is 11.8 Å². The number of hydrogen-bond donors (Lipinski definition) is 1. The van der Waals surface area contributed by atoms with Gasteiger partial charge in [-0.05, 0) is 17.9 Å². The molecule has 7 heteroatoms. The van der Waals surface area contributed by atoms with Crippen molar-refractivity contribution in [2.24, 2.45) is 0 Å². The lowest BCUT2D eigenvalue weighted by atomic mass is 10.3. The Kier molecular flexibility index (Phi) is 7.05. The highest BCUT2D eigenvalue weighted by molar-refractivity contribution is 8.00. The maximum absolute atomic E-state index is 11.9. The van der Waals surface area contributed by atoms with Gasteiger partial charge >= 0.3 is 0 Å². The lowest BCUT2D eigenvalue weighted by Gasteiger charge is -2.26. The van der Waals surface area contributed by atoms with Crippen LogP contribution >= 0.6 is 23.1 Å². The molecular weight excluding hydrogens is 308 g/mol. The average Bonchev–Trinajstić information content (AvgIpc) is 3.01. The number of rotatable bonds is 7. The van der Waals surface area contributed by atoms with Crippen LogP contribution in [0.15, 0.2) is 17.5 Å². The molecule has 0 atom stereocenters. The highest BCUT2D eigenvalue weighted by Crippen LogP contribution is 2.08. The van der Waals surface area contributed by atoms with Crippen molar-refractivity contribution in [2.45, 2.75) is 6.42 Å². The van der Waals surface area contributed by atoms with Crippen LogP contribution in [-0.2, 0) is 20.7 Å². The van der Waals surface area contributed by atoms with Gasteiger partial charge in [-0.3, -0.25) is 9.59 Å². The molecule has 2 heterocycles. The molecule has 0 bridgehead atoms. The maximum Gasteiger partial charge on any atom is 0.232 e. The van der Waals surface area contributed by atoms with Crippen molar-refractivity contribution in [1.29, 1.82) is 0 Å². The molecule has 1 N–H and O–H groups in total. The Bertz CT molecular complexity index is 445. The van der Waals surface area contributed by atoms with Crippen LogP contribution in [0.4, 0.5) is 0 Å². The minimum atomic E-state index is -0.00802. The zero-order chi connectivity index (χ0) is 14.9. The molecule has 21 heavy (non-hydrogen) atoms. The molecule has 1 aromatic heterocycles. The first-order valence-electron chi connectivity index (χ1n) is 6.98. The van der Waals surface area contributed by atoms with Gasteiger partial charge in [-0.2, -0.15) is 0 Å². The third-order valence-corrected chi connectivity index (χ3v) is 4.95. The standard InChI is InChI=1S/C14H20N2O3S2/c17-13(15-4-3-12-2-1-9-21-12)10-20-11-14(18)16-5-7-19-8-6-16/h1-2,9H,3-8,10-11H2,(H,15,17). The number of thioether (sulfide) groups is 1. The van der Waals surface area contributed by atoms with Gasteiger partial charge < -0.3 is 15.0 Å². The normalized spacial score (nSPS) is 15.0. The van der Waals surface area contributed by atoms with E-state index < -0.39 is 0 Å². The smallest absolute Gasteiger partial charge is 0.232 e. The first-order chi connectivity index (χ1) is 10.3. The van der Waals surface area contributed by atoms with Crippen LogP contribution in [0.3, 0.4) is 0 Å². The summed E-state index contributed by atoms with van der Waals surface area (Å²) in [7, 11) is 0. The van der Waals surface area contributed by atoms with E-state index in [4.69, 9.17) is 4.74 Å². The van der Waals surface area contributed by atoms with Gasteiger partial charge in [0.1, 0.15) is 0 Å². The quantitative estimate of drug-likeness (QED) is 0.811. The minimum Gasteiger partial charge on any atom is -0.378 e. The SMILES string of the molecule is O=C(CSCC(=O)N1CCOCC1)NCCc1cccs1. The lowest BCUT2D eigenvalue weighted by molar-refractivity contribution is -0.132. The van der Waals surface area contributed by atoms with Crippen molar-refractivity contribution in [3.63, 3.8) is 0 Å². The summed E-state index contributed by atoms with van der Waals surface area (Å²) in [6, 6.07) is 4.07. The number of nitrogens with one attached hydrogen (secondary N) is 1. The first-order valence-corrected chi connectivity index (χ1v) is 9.01. The number of morpholine rings is 1. The van der Waals surface area contributed by atoms with Gasteiger partial charge in [-0.25, -0.2) is 0 Å². The number of ether oxygens (including phenoxy) is 1. The van der Waals surface area contributed by atoms with Crippen LogP contribution in [0.5, 0.6) is 0 Å². The van der Waals surface area contributed by atoms with Crippen LogP contribution in [0.1, 0.15) is 4.88 Å². The number of carbonyl (C=O) groups excluding carboxylic acids is 2. The predicted molar refractivity (Wildman–Crippen MR) is 85.8 cm³/mol. The maximum atomic E-state index is 11.9. The van der Waals surface area contributed by atoms with Gasteiger partial charge in [-0.15, -0.1) is 23.1 Å². The molecule has 0 aromatic carbocycles. The van der Waals surface area contributed by atoms with Crippen molar-refractivity contribution in [1.82, 2.24) is 10.2 Å². The third-order valence-electron chi connectivity index (χ3n) is 3.10. The van der Waals surface area contributed by atoms with Crippen LogP contribution in [0.2, 0.25) is 0 Å². The van der Waals surface area contributed by atoms with E-state index in [9.17, 15) is 9.59 Å². The van der Waals surface area contributed by atoms with Gasteiger partial charge in [0.05, 0.1) is 24.7 Å². The van der Waals surface area contributed by atoms with E-state index in [1.165, 1.54) is 16.6 Å². The third kappa shape index (κ3) is 6.07. The number of carbonyl (C=O) groups is 2. The van der Waals surface area contributed by atoms with Gasteiger partial charge in [0.15, 0.2) is 0 Å². The second kappa shape index (κ2) is 9.07. The molecule has 1 aromatic rings. The second-order valence-electron chi connectivity index (χ2n) is 4.67. The van der Waals surface area contributed by atoms with Gasteiger partial charge in [0, 0.05) is 24.5 Å². The highest BCUT2D eigenvalue weighted by Gasteiger charge is 2.16. The highest BCUT2D eigenvalue weighted by atomic mass is 32.2. The summed E-state index contributed by atoms with van der Waals surface area (Å²) < 4.78 is 5.20. The number of hydrogen-bond acceptors (Lipinski definition) is 5. The topological polar surface area (TPSA) is 58.6 Å². The zero-order valence-corrected chi connectivity index (χ0v) is 13.5. The molecular formula is C14H20N2O3S2. The largest absolute Gasteiger partial charge is 0.378 e. The van der Waals surface area contributed by atoms with Crippen molar-refractivity contribution < 1.29 is 14.3 Å². The molecule has 1 saturated heterocycles. The van der Waals surface area contributed by atoms with E-state index in [2.05, 4.69) is 11.4 Å². The molecule has 0 spiro atoms. The summed E-state index contributed by atoms with van der Waals surface area (Å²) in [6.45, 7) is 3.19. The van der Waals surface area contributed by atoms with Crippen molar-refractivity contribution in [2.75, 3.05) is 44.4 Å². The summed E-state index contributed by atoms with van der Waals surface area (Å²) >= 11 is 3.06. The van der Waals surface area contributed by atoms with Crippen LogP contribution in [0, 0.1) is 0 Å². The van der Waals surface area contributed by atoms with Gasteiger partial charge in [0.25, 0.3) is 0 Å². The van der Waals surface area contributed by atoms with Crippen molar-refractivity contribution in [3.05, 3.63) is 22.4 Å². The Morgan fingerprint density at radius 3 is 2.86 bits per heavy atom. The van der Waals surface area contributed by atoms with Gasteiger partial charge in [-0.1, -0.05) is 6.07 Å². The fourth-order valence-corrected chi connectivity index (χ4v) is 3.42. The molecule has 0 radical (unpaired) electrons. The van der Waals surface area contributed by atoms with E-state index >= 15 is 0 Å². The Labute approximate surface area is 133 Å². The fraction of sp³-hybridized carbons (Fsp3) is 0.571. The van der Waals surface area contributed by atoms with E-state index in [0.29, 0.717) is 44.4 Å². The second-order valence-corrected chi connectivity index (χ2v) is 6.68. The molecule has 0 unspecified atom stereocenters. The first kappa shape index (κ1) is 16.3. The van der Waals surface area contributed by atoms with E-state index in [0.717, 1.165) is 6.42 Å². The average molecular weight is 328 g/mol. The van der Waals surface area contributed by atoms with E-state index in [1.807, 2.05) is 11.4 Å². The van der Waals surface area contributed by atoms with Crippen molar-refractivity contribution in [3.8, 4) is 0 Å². The van der Waals surface area contributed by atoms with E-state index in [1.54, 1.807) is 16.2 Å². The Balaban J connectivity index is 1.53. The molecule has 0 aliphatic carbocycles. The molecule has 1 aliphatic heterocycles. The molecule has 5 nitrogen and oxygen atoms in total. The Morgan fingerprint density at radius 1 is 1.33 bits per heavy atom. The van der Waals surface area contributed by atoms with Crippen LogP contribution in [0.25, 0.3) is 0 Å². The van der Waals surface area contributed by atoms with E-state index in [-0.39, 0.29) is 11.8 Å². The zero-order valence-electron chi connectivity index (χ0n) is 11.9. The lowest BCUT2D eigenvalue weighted by Crippen LogP contribution is -2.41. The predicted octanol–water partition coefficient (Wildman–Crippen LogP) is 0.999. The Hall–Kier alpha value is -1.05. The molecule has 1 fully saturated rings. The monoisotopic (exact) mass is 328 g/mol. The molecule has 1 aliphatic rings. The summed E-state index contributed by atoms with van der Waals surface area (Å²) in [5.41, 5.74) is 0. The fourth-order valence-electron chi connectivity index (χ4n) is 1.97. The van der Waals surface area contributed by atoms with Crippen LogP contribution in [-0.4, -0.2) is 61.1 Å². The summed E-state index contributed by atoms with van der Waals surface area (Å²) in [5, 5.41) is 4.91. The summed E-state index contributed by atoms with van der Waals surface area (Å²) in [5.74, 6) is 0.778. The van der Waals surface area contributed by atoms with Crippen molar-refractivity contribution >= 4 is 34.9 Å². The summed E-state index contributed by atoms with van der Waals surface area (Å²) in [6.07, 6.45) is 0.862. The molecule has 2 amide bonds.